The highest BCUT2D eigenvalue weighted by molar-refractivity contribution is 5.66. The summed E-state index contributed by atoms with van der Waals surface area (Å²) in [7, 11) is 0. The largest absolute Gasteiger partial charge is 0.465 e. The zero-order valence-electron chi connectivity index (χ0n) is 8.73. The monoisotopic (exact) mass is 203 g/mol. The Morgan fingerprint density at radius 1 is 1.43 bits per heavy atom. The SMILES string of the molecule is CC(C)(C)N(C(=O)O)[C@@H]1COC[C@H]1O. The van der Waals surface area contributed by atoms with Crippen LogP contribution in [0.15, 0.2) is 0 Å². The lowest BCUT2D eigenvalue weighted by Crippen LogP contribution is -2.55. The molecule has 1 rings (SSSR count). The maximum atomic E-state index is 11.0. The van der Waals surface area contributed by atoms with E-state index in [0.717, 1.165) is 0 Å². The van der Waals surface area contributed by atoms with E-state index in [1.807, 2.05) is 0 Å². The summed E-state index contributed by atoms with van der Waals surface area (Å²) in [5.41, 5.74) is -0.523. The van der Waals surface area contributed by atoms with Crippen molar-refractivity contribution in [2.24, 2.45) is 0 Å². The Kier molecular flexibility index (Phi) is 3.01. The van der Waals surface area contributed by atoms with Gasteiger partial charge in [-0.15, -0.1) is 0 Å². The fourth-order valence-electron chi connectivity index (χ4n) is 1.70. The second kappa shape index (κ2) is 3.74. The lowest BCUT2D eigenvalue weighted by molar-refractivity contribution is 0.0295. The van der Waals surface area contributed by atoms with Crippen molar-refractivity contribution in [3.8, 4) is 0 Å². The van der Waals surface area contributed by atoms with Crippen LogP contribution in [-0.2, 0) is 4.74 Å². The Bertz CT molecular complexity index is 223. The lowest BCUT2D eigenvalue weighted by atomic mass is 10.0. The molecule has 1 amide bonds. The van der Waals surface area contributed by atoms with Crippen molar-refractivity contribution < 1.29 is 19.7 Å². The minimum atomic E-state index is -1.02. The third-order valence-corrected chi connectivity index (χ3v) is 2.28. The summed E-state index contributed by atoms with van der Waals surface area (Å²) in [6.07, 6.45) is -1.74. The summed E-state index contributed by atoms with van der Waals surface area (Å²) in [5, 5.41) is 18.6. The number of hydrogen-bond acceptors (Lipinski definition) is 3. The van der Waals surface area contributed by atoms with Gasteiger partial charge in [-0.2, -0.15) is 0 Å². The molecule has 0 radical (unpaired) electrons. The van der Waals surface area contributed by atoms with Gasteiger partial charge in [0.2, 0.25) is 0 Å². The molecule has 1 heterocycles. The van der Waals surface area contributed by atoms with Gasteiger partial charge >= 0.3 is 6.09 Å². The van der Waals surface area contributed by atoms with Crippen molar-refractivity contribution in [1.82, 2.24) is 4.90 Å². The summed E-state index contributed by atoms with van der Waals surface area (Å²) in [4.78, 5) is 12.3. The molecule has 0 aromatic carbocycles. The number of carboxylic acid groups (broad SMARTS) is 1. The average molecular weight is 203 g/mol. The van der Waals surface area contributed by atoms with Crippen LogP contribution in [0.4, 0.5) is 4.79 Å². The molecule has 0 bridgehead atoms. The van der Waals surface area contributed by atoms with E-state index in [-0.39, 0.29) is 13.2 Å². The number of carbonyl (C=O) groups is 1. The molecule has 14 heavy (non-hydrogen) atoms. The van der Waals surface area contributed by atoms with Crippen LogP contribution in [0.1, 0.15) is 20.8 Å². The predicted molar refractivity (Wildman–Crippen MR) is 50.2 cm³/mol. The summed E-state index contributed by atoms with van der Waals surface area (Å²) in [6, 6.07) is -0.451. The molecule has 0 unspecified atom stereocenters. The van der Waals surface area contributed by atoms with E-state index in [4.69, 9.17) is 9.84 Å². The number of amides is 1. The Morgan fingerprint density at radius 3 is 2.29 bits per heavy atom. The van der Waals surface area contributed by atoms with Crippen LogP contribution in [0.25, 0.3) is 0 Å². The van der Waals surface area contributed by atoms with Gasteiger partial charge < -0.3 is 14.9 Å². The topological polar surface area (TPSA) is 70.0 Å². The molecule has 1 fully saturated rings. The van der Waals surface area contributed by atoms with E-state index in [2.05, 4.69) is 0 Å². The standard InChI is InChI=1S/C9H17NO4/c1-9(2,3)10(8(12)13)6-4-14-5-7(6)11/h6-7,11H,4-5H2,1-3H3,(H,12,13)/t6-,7-/m1/s1. The number of rotatable bonds is 1. The molecule has 5 nitrogen and oxygen atoms in total. The predicted octanol–water partition coefficient (Wildman–Crippen LogP) is 0.525. The van der Waals surface area contributed by atoms with Crippen LogP contribution >= 0.6 is 0 Å². The number of aliphatic hydroxyl groups excluding tert-OH is 1. The van der Waals surface area contributed by atoms with Crippen molar-refractivity contribution in [2.45, 2.75) is 38.5 Å². The highest BCUT2D eigenvalue weighted by Crippen LogP contribution is 2.22. The summed E-state index contributed by atoms with van der Waals surface area (Å²) < 4.78 is 5.04. The van der Waals surface area contributed by atoms with Gasteiger partial charge in [0.15, 0.2) is 0 Å². The summed E-state index contributed by atoms with van der Waals surface area (Å²) in [5.74, 6) is 0. The third-order valence-electron chi connectivity index (χ3n) is 2.28. The Morgan fingerprint density at radius 2 is 2.00 bits per heavy atom. The second-order valence-electron chi connectivity index (χ2n) is 4.50. The highest BCUT2D eigenvalue weighted by atomic mass is 16.5. The first-order valence-electron chi connectivity index (χ1n) is 4.62. The van der Waals surface area contributed by atoms with Gasteiger partial charge in [0, 0.05) is 5.54 Å². The Balaban J connectivity index is 2.83. The average Bonchev–Trinajstić information content (AvgIpc) is 2.32. The second-order valence-corrected chi connectivity index (χ2v) is 4.50. The first-order chi connectivity index (χ1) is 6.34. The molecule has 0 saturated carbocycles. The van der Waals surface area contributed by atoms with Gasteiger partial charge in [-0.3, -0.25) is 4.90 Å². The molecule has 0 spiro atoms. The number of aliphatic hydroxyl groups is 1. The lowest BCUT2D eigenvalue weighted by Gasteiger charge is -2.38. The van der Waals surface area contributed by atoms with Crippen molar-refractivity contribution in [2.75, 3.05) is 13.2 Å². The molecule has 1 saturated heterocycles. The first-order valence-corrected chi connectivity index (χ1v) is 4.62. The van der Waals surface area contributed by atoms with E-state index in [0.29, 0.717) is 0 Å². The van der Waals surface area contributed by atoms with Gasteiger partial charge in [0.1, 0.15) is 6.10 Å². The maximum Gasteiger partial charge on any atom is 0.408 e. The van der Waals surface area contributed by atoms with Gasteiger partial charge in [0.05, 0.1) is 19.3 Å². The molecule has 1 aliphatic rings. The van der Waals surface area contributed by atoms with E-state index < -0.39 is 23.8 Å². The smallest absolute Gasteiger partial charge is 0.408 e. The normalized spacial score (nSPS) is 27.7. The number of hydrogen-bond donors (Lipinski definition) is 2. The number of ether oxygens (including phenoxy) is 1. The summed E-state index contributed by atoms with van der Waals surface area (Å²) >= 11 is 0. The van der Waals surface area contributed by atoms with Gasteiger partial charge in [0.25, 0.3) is 0 Å². The first kappa shape index (κ1) is 11.3. The van der Waals surface area contributed by atoms with Crippen LogP contribution in [0.3, 0.4) is 0 Å². The van der Waals surface area contributed by atoms with Crippen molar-refractivity contribution in [3.63, 3.8) is 0 Å². The van der Waals surface area contributed by atoms with E-state index >= 15 is 0 Å². The van der Waals surface area contributed by atoms with Gasteiger partial charge in [-0.1, -0.05) is 0 Å². The molecule has 2 atom stereocenters. The van der Waals surface area contributed by atoms with Crippen LogP contribution in [0.5, 0.6) is 0 Å². The molecular weight excluding hydrogens is 186 g/mol. The zero-order valence-corrected chi connectivity index (χ0v) is 8.73. The molecular formula is C9H17NO4. The van der Waals surface area contributed by atoms with E-state index in [9.17, 15) is 9.90 Å². The Labute approximate surface area is 83.3 Å². The minimum Gasteiger partial charge on any atom is -0.465 e. The van der Waals surface area contributed by atoms with Gasteiger partial charge in [-0.05, 0) is 20.8 Å². The number of nitrogens with zero attached hydrogens (tertiary/aromatic N) is 1. The van der Waals surface area contributed by atoms with Crippen LogP contribution < -0.4 is 0 Å². The molecule has 0 aromatic rings. The van der Waals surface area contributed by atoms with Crippen molar-refractivity contribution in [1.29, 1.82) is 0 Å². The minimum absolute atomic E-state index is 0.213. The molecule has 1 aliphatic heterocycles. The molecule has 5 heteroatoms. The third kappa shape index (κ3) is 2.16. The maximum absolute atomic E-state index is 11.0. The summed E-state index contributed by atoms with van der Waals surface area (Å²) in [6.45, 7) is 5.87. The fourth-order valence-corrected chi connectivity index (χ4v) is 1.70. The van der Waals surface area contributed by atoms with Crippen molar-refractivity contribution in [3.05, 3.63) is 0 Å². The highest BCUT2D eigenvalue weighted by Gasteiger charge is 2.40. The van der Waals surface area contributed by atoms with Crippen LogP contribution in [-0.4, -0.2) is 52.1 Å². The molecule has 0 aromatic heterocycles. The van der Waals surface area contributed by atoms with E-state index in [1.54, 1.807) is 20.8 Å². The quantitative estimate of drug-likeness (QED) is 0.652. The fraction of sp³-hybridized carbons (Fsp3) is 0.889. The van der Waals surface area contributed by atoms with E-state index in [1.165, 1.54) is 4.90 Å². The van der Waals surface area contributed by atoms with Gasteiger partial charge in [-0.25, -0.2) is 4.79 Å². The van der Waals surface area contributed by atoms with Crippen LogP contribution in [0.2, 0.25) is 0 Å². The zero-order chi connectivity index (χ0) is 10.9. The van der Waals surface area contributed by atoms with Crippen molar-refractivity contribution >= 4 is 6.09 Å². The molecule has 2 N–H and O–H groups in total. The molecule has 82 valence electrons. The molecule has 0 aliphatic carbocycles. The van der Waals surface area contributed by atoms with Crippen LogP contribution in [0, 0.1) is 0 Å². The Hall–Kier alpha value is -0.810.